The van der Waals surface area contributed by atoms with Gasteiger partial charge in [0.1, 0.15) is 11.6 Å². The number of carbonyl (C=O) groups excluding carboxylic acids is 1. The molecule has 4 rings (SSSR count). The van der Waals surface area contributed by atoms with Gasteiger partial charge in [-0.25, -0.2) is 0 Å². The lowest BCUT2D eigenvalue weighted by atomic mass is 9.99. The molecule has 0 saturated heterocycles. The highest BCUT2D eigenvalue weighted by molar-refractivity contribution is 5.81. The summed E-state index contributed by atoms with van der Waals surface area (Å²) in [5.41, 5.74) is 5.98. The standard InChI is InChI=1S/C26H31N3O/c1-17(2)20-7-9-21(10-8-20)26-28-27-25(29(26)23-11-12-23)14-13-24(30)16-22-6-5-18(3)15-19(22)4/h5-10,15,17,23H,11-14,16H2,1-4H3. The summed E-state index contributed by atoms with van der Waals surface area (Å²) in [6.07, 6.45) is 3.98. The summed E-state index contributed by atoms with van der Waals surface area (Å²) in [5, 5.41) is 8.99. The van der Waals surface area contributed by atoms with Crippen LogP contribution in [-0.4, -0.2) is 20.5 Å². The molecule has 0 amide bonds. The molecule has 4 nitrogen and oxygen atoms in total. The second-order valence-electron chi connectivity index (χ2n) is 8.96. The average molecular weight is 402 g/mol. The van der Waals surface area contributed by atoms with Crippen LogP contribution in [0.5, 0.6) is 0 Å². The first-order valence-corrected chi connectivity index (χ1v) is 11.0. The number of benzene rings is 2. The highest BCUT2D eigenvalue weighted by Gasteiger charge is 2.30. The van der Waals surface area contributed by atoms with Crippen LogP contribution in [0.4, 0.5) is 0 Å². The fraction of sp³-hybridized carbons (Fsp3) is 0.423. The number of ketones is 1. The smallest absolute Gasteiger partial charge is 0.164 e. The van der Waals surface area contributed by atoms with Gasteiger partial charge in [-0.1, -0.05) is 61.9 Å². The molecule has 1 aliphatic rings. The topological polar surface area (TPSA) is 47.8 Å². The van der Waals surface area contributed by atoms with Crippen LogP contribution in [0.3, 0.4) is 0 Å². The maximum absolute atomic E-state index is 12.6. The van der Waals surface area contributed by atoms with Crippen LogP contribution in [0.2, 0.25) is 0 Å². The predicted molar refractivity (Wildman–Crippen MR) is 121 cm³/mol. The summed E-state index contributed by atoms with van der Waals surface area (Å²) in [6.45, 7) is 8.57. The average Bonchev–Trinajstić information content (AvgIpc) is 3.47. The van der Waals surface area contributed by atoms with Gasteiger partial charge in [-0.2, -0.15) is 0 Å². The number of Topliss-reactive ketones (excluding diaryl/α,β-unsaturated/α-hetero) is 1. The third kappa shape index (κ3) is 4.53. The highest BCUT2D eigenvalue weighted by atomic mass is 16.1. The molecule has 0 radical (unpaired) electrons. The van der Waals surface area contributed by atoms with Crippen LogP contribution in [0.15, 0.2) is 42.5 Å². The molecule has 0 N–H and O–H groups in total. The van der Waals surface area contributed by atoms with Crippen molar-refractivity contribution in [2.24, 2.45) is 0 Å². The van der Waals surface area contributed by atoms with Gasteiger partial charge >= 0.3 is 0 Å². The number of aromatic nitrogens is 3. The Morgan fingerprint density at radius 2 is 1.80 bits per heavy atom. The largest absolute Gasteiger partial charge is 0.308 e. The first-order valence-electron chi connectivity index (χ1n) is 11.0. The van der Waals surface area contributed by atoms with Crippen molar-refractivity contribution in [2.45, 2.75) is 71.8 Å². The molecule has 0 aliphatic heterocycles. The maximum atomic E-state index is 12.6. The number of carbonyl (C=O) groups is 1. The fourth-order valence-electron chi connectivity index (χ4n) is 4.02. The lowest BCUT2D eigenvalue weighted by molar-refractivity contribution is -0.118. The van der Waals surface area contributed by atoms with Crippen LogP contribution in [0.1, 0.15) is 73.1 Å². The number of hydrogen-bond acceptors (Lipinski definition) is 3. The van der Waals surface area contributed by atoms with Gasteiger partial charge in [-0.15, -0.1) is 10.2 Å². The molecule has 1 heterocycles. The SMILES string of the molecule is Cc1ccc(CC(=O)CCc2nnc(-c3ccc(C(C)C)cc3)n2C2CC2)c(C)c1. The molecule has 4 heteroatoms. The summed E-state index contributed by atoms with van der Waals surface area (Å²) in [5.74, 6) is 2.65. The van der Waals surface area contributed by atoms with E-state index in [1.54, 1.807) is 0 Å². The van der Waals surface area contributed by atoms with Crippen molar-refractivity contribution in [3.05, 3.63) is 70.5 Å². The molecule has 1 fully saturated rings. The van der Waals surface area contributed by atoms with Crippen molar-refractivity contribution in [3.63, 3.8) is 0 Å². The van der Waals surface area contributed by atoms with Crippen molar-refractivity contribution < 1.29 is 4.79 Å². The molecule has 3 aromatic rings. The number of hydrogen-bond donors (Lipinski definition) is 0. The zero-order valence-corrected chi connectivity index (χ0v) is 18.5. The summed E-state index contributed by atoms with van der Waals surface area (Å²) in [4.78, 5) is 12.6. The lowest BCUT2D eigenvalue weighted by Gasteiger charge is -2.11. The molecule has 30 heavy (non-hydrogen) atoms. The molecule has 0 spiro atoms. The molecule has 1 aliphatic carbocycles. The number of nitrogens with zero attached hydrogens (tertiary/aromatic N) is 3. The van der Waals surface area contributed by atoms with E-state index >= 15 is 0 Å². The Morgan fingerprint density at radius 1 is 1.07 bits per heavy atom. The van der Waals surface area contributed by atoms with E-state index in [1.165, 1.54) is 29.5 Å². The minimum absolute atomic E-state index is 0.259. The molecule has 156 valence electrons. The van der Waals surface area contributed by atoms with Crippen molar-refractivity contribution in [1.82, 2.24) is 14.8 Å². The van der Waals surface area contributed by atoms with E-state index in [0.717, 1.165) is 22.8 Å². The van der Waals surface area contributed by atoms with Crippen molar-refractivity contribution in [2.75, 3.05) is 0 Å². The quantitative estimate of drug-likeness (QED) is 0.482. The van der Waals surface area contributed by atoms with Crippen LogP contribution in [-0.2, 0) is 17.6 Å². The first kappa shape index (κ1) is 20.5. The van der Waals surface area contributed by atoms with Gasteiger partial charge in [0.05, 0.1) is 0 Å². The molecule has 2 aromatic carbocycles. The van der Waals surface area contributed by atoms with Crippen LogP contribution in [0, 0.1) is 13.8 Å². The second-order valence-corrected chi connectivity index (χ2v) is 8.96. The molecular weight excluding hydrogens is 370 g/mol. The van der Waals surface area contributed by atoms with Crippen LogP contribution in [0.25, 0.3) is 11.4 Å². The van der Waals surface area contributed by atoms with Gasteiger partial charge < -0.3 is 4.57 Å². The van der Waals surface area contributed by atoms with E-state index in [4.69, 9.17) is 0 Å². The Hall–Kier alpha value is -2.75. The number of aryl methyl sites for hydroxylation is 3. The summed E-state index contributed by atoms with van der Waals surface area (Å²) < 4.78 is 2.27. The first-order chi connectivity index (χ1) is 14.4. The minimum atomic E-state index is 0.259. The molecule has 0 bridgehead atoms. The van der Waals surface area contributed by atoms with E-state index in [0.29, 0.717) is 31.2 Å². The van der Waals surface area contributed by atoms with Crippen LogP contribution >= 0.6 is 0 Å². The Kier molecular flexibility index (Phi) is 5.85. The Balaban J connectivity index is 1.47. The summed E-state index contributed by atoms with van der Waals surface area (Å²) in [7, 11) is 0. The summed E-state index contributed by atoms with van der Waals surface area (Å²) in [6, 6.07) is 15.4. The van der Waals surface area contributed by atoms with Crippen molar-refractivity contribution in [1.29, 1.82) is 0 Å². The Bertz CT molecular complexity index is 1040. The van der Waals surface area contributed by atoms with E-state index in [2.05, 4.69) is 84.9 Å². The zero-order chi connectivity index (χ0) is 21.3. The third-order valence-electron chi connectivity index (χ3n) is 6.03. The fourth-order valence-corrected chi connectivity index (χ4v) is 4.02. The van der Waals surface area contributed by atoms with E-state index in [9.17, 15) is 4.79 Å². The van der Waals surface area contributed by atoms with Gasteiger partial charge in [0, 0.05) is 30.9 Å². The second kappa shape index (κ2) is 8.55. The van der Waals surface area contributed by atoms with E-state index < -0.39 is 0 Å². The predicted octanol–water partition coefficient (Wildman–Crippen LogP) is 5.76. The molecule has 0 atom stereocenters. The third-order valence-corrected chi connectivity index (χ3v) is 6.03. The minimum Gasteiger partial charge on any atom is -0.308 e. The molecular formula is C26H31N3O. The Labute approximate surface area is 179 Å². The monoisotopic (exact) mass is 401 g/mol. The summed E-state index contributed by atoms with van der Waals surface area (Å²) >= 11 is 0. The van der Waals surface area contributed by atoms with E-state index in [1.807, 2.05) is 0 Å². The van der Waals surface area contributed by atoms with E-state index in [-0.39, 0.29) is 5.78 Å². The zero-order valence-electron chi connectivity index (χ0n) is 18.5. The lowest BCUT2D eigenvalue weighted by Crippen LogP contribution is -2.09. The Morgan fingerprint density at radius 3 is 2.43 bits per heavy atom. The van der Waals surface area contributed by atoms with Gasteiger partial charge in [0.15, 0.2) is 5.82 Å². The normalized spacial score (nSPS) is 13.8. The maximum Gasteiger partial charge on any atom is 0.164 e. The van der Waals surface area contributed by atoms with Crippen LogP contribution < -0.4 is 0 Å². The highest BCUT2D eigenvalue weighted by Crippen LogP contribution is 2.39. The number of rotatable bonds is 8. The van der Waals surface area contributed by atoms with Gasteiger partial charge in [-0.05, 0) is 49.3 Å². The van der Waals surface area contributed by atoms with Gasteiger partial charge in [0.25, 0.3) is 0 Å². The molecule has 0 unspecified atom stereocenters. The van der Waals surface area contributed by atoms with Gasteiger partial charge in [0.2, 0.25) is 0 Å². The molecule has 1 saturated carbocycles. The van der Waals surface area contributed by atoms with Gasteiger partial charge in [-0.3, -0.25) is 4.79 Å². The molecule has 1 aromatic heterocycles. The van der Waals surface area contributed by atoms with Crippen molar-refractivity contribution >= 4 is 5.78 Å². The van der Waals surface area contributed by atoms with Crippen molar-refractivity contribution in [3.8, 4) is 11.4 Å².